The first-order chi connectivity index (χ1) is 12.1. The standard InChI is InChI=1S/C19H19BrN2O3/c20-16-9-3-1-7-14(16)19(24)22-17-10-4-2-8-15(17)18(23)21-12-13-6-5-11-25-13/h1-4,7-10,13H,5-6,11-12H2,(H,21,23)(H,22,24)/t13-/m0/s1. The predicted molar refractivity (Wildman–Crippen MR) is 99.8 cm³/mol. The average molecular weight is 403 g/mol. The summed E-state index contributed by atoms with van der Waals surface area (Å²) in [5.41, 5.74) is 1.42. The van der Waals surface area contributed by atoms with E-state index in [1.807, 2.05) is 6.07 Å². The van der Waals surface area contributed by atoms with E-state index in [0.717, 1.165) is 19.4 Å². The minimum absolute atomic E-state index is 0.0750. The number of para-hydroxylation sites is 1. The Morgan fingerprint density at radius 2 is 1.76 bits per heavy atom. The van der Waals surface area contributed by atoms with Crippen molar-refractivity contribution in [2.75, 3.05) is 18.5 Å². The highest BCUT2D eigenvalue weighted by molar-refractivity contribution is 9.10. The molecule has 3 rings (SSSR count). The zero-order chi connectivity index (χ0) is 17.6. The summed E-state index contributed by atoms with van der Waals surface area (Å²) in [5.74, 6) is -0.495. The highest BCUT2D eigenvalue weighted by atomic mass is 79.9. The maximum Gasteiger partial charge on any atom is 0.256 e. The van der Waals surface area contributed by atoms with Gasteiger partial charge in [0.15, 0.2) is 0 Å². The lowest BCUT2D eigenvalue weighted by atomic mass is 10.1. The molecule has 1 fully saturated rings. The molecule has 0 spiro atoms. The maximum absolute atomic E-state index is 12.5. The van der Waals surface area contributed by atoms with Crippen LogP contribution >= 0.6 is 15.9 Å². The van der Waals surface area contributed by atoms with Gasteiger partial charge in [-0.1, -0.05) is 24.3 Å². The summed E-state index contributed by atoms with van der Waals surface area (Å²) in [6.45, 7) is 1.23. The molecule has 0 saturated carbocycles. The lowest BCUT2D eigenvalue weighted by Crippen LogP contribution is -2.32. The van der Waals surface area contributed by atoms with E-state index in [9.17, 15) is 9.59 Å². The van der Waals surface area contributed by atoms with E-state index >= 15 is 0 Å². The molecule has 1 aliphatic heterocycles. The van der Waals surface area contributed by atoms with Gasteiger partial charge in [0.2, 0.25) is 0 Å². The molecule has 1 atom stereocenters. The SMILES string of the molecule is O=C(Nc1ccccc1C(=O)NC[C@@H]1CCCO1)c1ccccc1Br. The Balaban J connectivity index is 1.71. The summed E-state index contributed by atoms with van der Waals surface area (Å²) in [4.78, 5) is 25.0. The average Bonchev–Trinajstić information content (AvgIpc) is 3.14. The van der Waals surface area contributed by atoms with E-state index in [1.54, 1.807) is 42.5 Å². The molecule has 1 saturated heterocycles. The smallest absolute Gasteiger partial charge is 0.256 e. The van der Waals surface area contributed by atoms with Crippen molar-refractivity contribution in [3.8, 4) is 0 Å². The number of amides is 2. The fraction of sp³-hybridized carbons (Fsp3) is 0.263. The van der Waals surface area contributed by atoms with E-state index in [0.29, 0.717) is 27.8 Å². The Kier molecular flexibility index (Phi) is 5.83. The molecule has 0 unspecified atom stereocenters. The second-order valence-corrected chi connectivity index (χ2v) is 6.68. The third-order valence-electron chi connectivity index (χ3n) is 4.05. The molecule has 2 N–H and O–H groups in total. The van der Waals surface area contributed by atoms with Crippen LogP contribution in [0.5, 0.6) is 0 Å². The van der Waals surface area contributed by atoms with Crippen LogP contribution in [0.15, 0.2) is 53.0 Å². The molecule has 0 bridgehead atoms. The Morgan fingerprint density at radius 3 is 2.48 bits per heavy atom. The zero-order valence-electron chi connectivity index (χ0n) is 13.6. The summed E-state index contributed by atoms with van der Waals surface area (Å²) in [5, 5.41) is 5.70. The van der Waals surface area contributed by atoms with Crippen LogP contribution in [0.2, 0.25) is 0 Å². The third kappa shape index (κ3) is 4.46. The molecule has 0 radical (unpaired) electrons. The summed E-state index contributed by atoms with van der Waals surface area (Å²) < 4.78 is 6.22. The van der Waals surface area contributed by atoms with Crippen LogP contribution in [-0.2, 0) is 4.74 Å². The van der Waals surface area contributed by atoms with Gasteiger partial charge in [-0.15, -0.1) is 0 Å². The first-order valence-corrected chi connectivity index (χ1v) is 8.99. The number of anilines is 1. The van der Waals surface area contributed by atoms with Gasteiger partial charge in [-0.05, 0) is 53.0 Å². The maximum atomic E-state index is 12.5. The lowest BCUT2D eigenvalue weighted by Gasteiger charge is -2.14. The molecular weight excluding hydrogens is 384 g/mol. The van der Waals surface area contributed by atoms with Gasteiger partial charge < -0.3 is 15.4 Å². The van der Waals surface area contributed by atoms with Crippen molar-refractivity contribution in [2.45, 2.75) is 18.9 Å². The van der Waals surface area contributed by atoms with E-state index in [4.69, 9.17) is 4.74 Å². The second-order valence-electron chi connectivity index (χ2n) is 5.82. The predicted octanol–water partition coefficient (Wildman–Crippen LogP) is 3.61. The highest BCUT2D eigenvalue weighted by Crippen LogP contribution is 2.20. The molecule has 25 heavy (non-hydrogen) atoms. The number of carbonyl (C=O) groups is 2. The Hall–Kier alpha value is -2.18. The number of rotatable bonds is 5. The van der Waals surface area contributed by atoms with Crippen LogP contribution in [-0.4, -0.2) is 31.1 Å². The van der Waals surface area contributed by atoms with Gasteiger partial charge in [0.1, 0.15) is 0 Å². The molecule has 6 heteroatoms. The number of halogens is 1. The first kappa shape index (κ1) is 17.6. The Bertz CT molecular complexity index is 773. The molecule has 5 nitrogen and oxygen atoms in total. The highest BCUT2D eigenvalue weighted by Gasteiger charge is 2.19. The minimum Gasteiger partial charge on any atom is -0.376 e. The van der Waals surface area contributed by atoms with Crippen molar-refractivity contribution in [1.82, 2.24) is 5.32 Å². The van der Waals surface area contributed by atoms with Gasteiger partial charge in [-0.3, -0.25) is 9.59 Å². The summed E-state index contributed by atoms with van der Waals surface area (Å²) >= 11 is 3.37. The van der Waals surface area contributed by atoms with Crippen LogP contribution < -0.4 is 10.6 Å². The Morgan fingerprint density at radius 1 is 1.04 bits per heavy atom. The first-order valence-electron chi connectivity index (χ1n) is 8.20. The van der Waals surface area contributed by atoms with Crippen molar-refractivity contribution in [3.63, 3.8) is 0 Å². The molecule has 1 aliphatic rings. The van der Waals surface area contributed by atoms with Crippen molar-refractivity contribution >= 4 is 33.4 Å². The number of benzene rings is 2. The molecule has 2 aromatic rings. The van der Waals surface area contributed by atoms with Crippen molar-refractivity contribution in [3.05, 3.63) is 64.1 Å². The second kappa shape index (κ2) is 8.27. The van der Waals surface area contributed by atoms with E-state index in [1.165, 1.54) is 0 Å². The largest absolute Gasteiger partial charge is 0.376 e. The molecule has 0 aliphatic carbocycles. The van der Waals surface area contributed by atoms with Crippen LogP contribution in [0.3, 0.4) is 0 Å². The van der Waals surface area contributed by atoms with E-state index in [2.05, 4.69) is 26.6 Å². The van der Waals surface area contributed by atoms with E-state index < -0.39 is 0 Å². The zero-order valence-corrected chi connectivity index (χ0v) is 15.2. The fourth-order valence-electron chi connectivity index (χ4n) is 2.73. The van der Waals surface area contributed by atoms with Crippen LogP contribution in [0.4, 0.5) is 5.69 Å². The number of carbonyl (C=O) groups excluding carboxylic acids is 2. The normalized spacial score (nSPS) is 16.4. The minimum atomic E-state index is -0.271. The number of hydrogen-bond acceptors (Lipinski definition) is 3. The van der Waals surface area contributed by atoms with Crippen LogP contribution in [0, 0.1) is 0 Å². The fourth-order valence-corrected chi connectivity index (χ4v) is 3.20. The molecule has 130 valence electrons. The van der Waals surface area contributed by atoms with Gasteiger partial charge in [0.25, 0.3) is 11.8 Å². The molecule has 1 heterocycles. The topological polar surface area (TPSA) is 67.4 Å². The number of ether oxygens (including phenoxy) is 1. The van der Waals surface area contributed by atoms with Crippen molar-refractivity contribution < 1.29 is 14.3 Å². The number of nitrogens with one attached hydrogen (secondary N) is 2. The summed E-state index contributed by atoms with van der Waals surface area (Å²) in [6.07, 6.45) is 2.06. The van der Waals surface area contributed by atoms with Crippen LogP contribution in [0.1, 0.15) is 33.6 Å². The van der Waals surface area contributed by atoms with Gasteiger partial charge in [0, 0.05) is 17.6 Å². The number of hydrogen-bond donors (Lipinski definition) is 2. The quantitative estimate of drug-likeness (QED) is 0.802. The van der Waals surface area contributed by atoms with E-state index in [-0.39, 0.29) is 17.9 Å². The van der Waals surface area contributed by atoms with Crippen LogP contribution in [0.25, 0.3) is 0 Å². The third-order valence-corrected chi connectivity index (χ3v) is 4.74. The molecular formula is C19H19BrN2O3. The monoisotopic (exact) mass is 402 g/mol. The van der Waals surface area contributed by atoms with Crippen molar-refractivity contribution in [2.24, 2.45) is 0 Å². The summed E-state index contributed by atoms with van der Waals surface area (Å²) in [6, 6.07) is 14.1. The van der Waals surface area contributed by atoms with Crippen molar-refractivity contribution in [1.29, 1.82) is 0 Å². The molecule has 0 aromatic heterocycles. The molecule has 2 amide bonds. The van der Waals surface area contributed by atoms with Gasteiger partial charge in [-0.2, -0.15) is 0 Å². The van der Waals surface area contributed by atoms with Gasteiger partial charge >= 0.3 is 0 Å². The Labute approximate surface area is 154 Å². The summed E-state index contributed by atoms with van der Waals surface area (Å²) in [7, 11) is 0. The van der Waals surface area contributed by atoms with Gasteiger partial charge in [0.05, 0.1) is 22.9 Å². The molecule has 2 aromatic carbocycles. The lowest BCUT2D eigenvalue weighted by molar-refractivity contribution is 0.0858. The van der Waals surface area contributed by atoms with Gasteiger partial charge in [-0.25, -0.2) is 0 Å².